The molecule has 6 heteroatoms. The number of carbonyl (C=O) groups excluding carboxylic acids is 1. The predicted octanol–water partition coefficient (Wildman–Crippen LogP) is 1.47. The summed E-state index contributed by atoms with van der Waals surface area (Å²) in [6.45, 7) is 1.96. The van der Waals surface area contributed by atoms with Crippen LogP contribution in [0.5, 0.6) is 0 Å². The Morgan fingerprint density at radius 1 is 1.44 bits per heavy atom. The Morgan fingerprint density at radius 2 is 2.22 bits per heavy atom. The third-order valence-corrected chi connectivity index (χ3v) is 3.46. The quantitative estimate of drug-likeness (QED) is 0.810. The minimum Gasteiger partial charge on any atom is -0.370 e. The van der Waals surface area contributed by atoms with E-state index in [1.54, 1.807) is 10.6 Å². The summed E-state index contributed by atoms with van der Waals surface area (Å²) >= 11 is 1.42. The van der Waals surface area contributed by atoms with Crippen LogP contribution in [0.4, 0.5) is 0 Å². The molecular formula is C12H16N4OS. The van der Waals surface area contributed by atoms with E-state index in [9.17, 15) is 4.79 Å². The maximum absolute atomic E-state index is 12.0. The van der Waals surface area contributed by atoms with Crippen molar-refractivity contribution in [2.75, 3.05) is 14.1 Å². The molecule has 2 N–H and O–H groups in total. The van der Waals surface area contributed by atoms with Gasteiger partial charge in [0.2, 0.25) is 0 Å². The SMILES string of the molecule is Cc1cccc(C(=O)NN2NC=C(N(C)C)S2)c1. The number of nitrogens with zero attached hydrogens (tertiary/aromatic N) is 2. The first kappa shape index (κ1) is 12.8. The Bertz CT molecular complexity index is 487. The van der Waals surface area contributed by atoms with Crippen molar-refractivity contribution in [1.82, 2.24) is 20.3 Å². The molecule has 0 radical (unpaired) electrons. The number of hydrogen-bond acceptors (Lipinski definition) is 5. The molecule has 0 aromatic heterocycles. The number of rotatable bonds is 3. The summed E-state index contributed by atoms with van der Waals surface area (Å²) in [5.74, 6) is -0.132. The zero-order valence-electron chi connectivity index (χ0n) is 10.6. The summed E-state index contributed by atoms with van der Waals surface area (Å²) in [7, 11) is 3.90. The summed E-state index contributed by atoms with van der Waals surface area (Å²) < 4.78 is 1.58. The first-order valence-electron chi connectivity index (χ1n) is 5.55. The maximum Gasteiger partial charge on any atom is 0.267 e. The standard InChI is InChI=1S/C12H16N4OS/c1-9-5-4-6-10(7-9)12(17)14-16-13-8-11(18-16)15(2)3/h4-8,13H,1-3H3,(H,14,17). The fourth-order valence-electron chi connectivity index (χ4n) is 1.47. The van der Waals surface area contributed by atoms with Crippen molar-refractivity contribution in [1.29, 1.82) is 0 Å². The highest BCUT2D eigenvalue weighted by molar-refractivity contribution is 8.00. The van der Waals surface area contributed by atoms with Crippen LogP contribution in [0.15, 0.2) is 35.5 Å². The molecule has 0 unspecified atom stereocenters. The number of carbonyl (C=O) groups is 1. The van der Waals surface area contributed by atoms with Crippen LogP contribution in [0.3, 0.4) is 0 Å². The maximum atomic E-state index is 12.0. The van der Waals surface area contributed by atoms with Gasteiger partial charge in [0.25, 0.3) is 5.91 Å². The van der Waals surface area contributed by atoms with Gasteiger partial charge in [-0.15, -0.1) is 0 Å². The van der Waals surface area contributed by atoms with Gasteiger partial charge < -0.3 is 4.90 Å². The predicted molar refractivity (Wildman–Crippen MR) is 73.0 cm³/mol. The lowest BCUT2D eigenvalue weighted by molar-refractivity contribution is 0.0871. The molecule has 2 rings (SSSR count). The Morgan fingerprint density at radius 3 is 2.83 bits per heavy atom. The van der Waals surface area contributed by atoms with Gasteiger partial charge in [-0.05, 0) is 19.1 Å². The van der Waals surface area contributed by atoms with Crippen LogP contribution in [0, 0.1) is 6.92 Å². The molecule has 0 saturated heterocycles. The number of nitrogens with one attached hydrogen (secondary N) is 2. The third-order valence-electron chi connectivity index (χ3n) is 2.41. The van der Waals surface area contributed by atoms with Crippen molar-refractivity contribution in [3.05, 3.63) is 46.6 Å². The number of hydrogen-bond donors (Lipinski definition) is 2. The fourth-order valence-corrected chi connectivity index (χ4v) is 2.16. The molecule has 1 aliphatic heterocycles. The topological polar surface area (TPSA) is 47.6 Å². The van der Waals surface area contributed by atoms with Gasteiger partial charge >= 0.3 is 0 Å². The fraction of sp³-hybridized carbons (Fsp3) is 0.250. The number of benzene rings is 1. The highest BCUT2D eigenvalue weighted by Crippen LogP contribution is 2.23. The first-order valence-corrected chi connectivity index (χ1v) is 6.33. The van der Waals surface area contributed by atoms with Crippen LogP contribution in [0.25, 0.3) is 0 Å². The van der Waals surface area contributed by atoms with Crippen molar-refractivity contribution in [2.24, 2.45) is 0 Å². The molecule has 0 fully saturated rings. The van der Waals surface area contributed by atoms with E-state index >= 15 is 0 Å². The van der Waals surface area contributed by atoms with Crippen LogP contribution in [0.2, 0.25) is 0 Å². The molecule has 1 amide bonds. The van der Waals surface area contributed by atoms with Crippen molar-refractivity contribution in [2.45, 2.75) is 6.92 Å². The van der Waals surface area contributed by atoms with E-state index in [-0.39, 0.29) is 5.91 Å². The van der Waals surface area contributed by atoms with Crippen molar-refractivity contribution in [3.8, 4) is 0 Å². The number of amides is 1. The minimum absolute atomic E-state index is 0.132. The largest absolute Gasteiger partial charge is 0.370 e. The molecule has 0 aliphatic carbocycles. The highest BCUT2D eigenvalue weighted by Gasteiger charge is 2.19. The molecule has 96 valence electrons. The molecular weight excluding hydrogens is 248 g/mol. The summed E-state index contributed by atoms with van der Waals surface area (Å²) in [4.78, 5) is 14.0. The third kappa shape index (κ3) is 2.96. The summed E-state index contributed by atoms with van der Waals surface area (Å²) in [5, 5.41) is 1.03. The lowest BCUT2D eigenvalue weighted by atomic mass is 10.1. The Hall–Kier alpha value is -1.66. The van der Waals surface area contributed by atoms with Crippen molar-refractivity contribution < 1.29 is 4.79 Å². The van der Waals surface area contributed by atoms with Crippen LogP contribution in [-0.2, 0) is 0 Å². The molecule has 5 nitrogen and oxygen atoms in total. The number of hydrazine groups is 2. The van der Waals surface area contributed by atoms with Crippen LogP contribution >= 0.6 is 11.9 Å². The smallest absolute Gasteiger partial charge is 0.267 e. The van der Waals surface area contributed by atoms with Gasteiger partial charge in [-0.2, -0.15) is 0 Å². The lowest BCUT2D eigenvalue weighted by Crippen LogP contribution is -2.41. The van der Waals surface area contributed by atoms with Gasteiger partial charge in [0.05, 0.1) is 0 Å². The Balaban J connectivity index is 1.94. The average Bonchev–Trinajstić information content (AvgIpc) is 2.77. The van der Waals surface area contributed by atoms with Gasteiger partial charge in [0, 0.05) is 37.8 Å². The second-order valence-corrected chi connectivity index (χ2v) is 5.17. The summed E-state index contributed by atoms with van der Waals surface area (Å²) in [6.07, 6.45) is 1.83. The summed E-state index contributed by atoms with van der Waals surface area (Å²) in [6, 6.07) is 7.49. The van der Waals surface area contributed by atoms with Gasteiger partial charge in [0.1, 0.15) is 5.03 Å². The molecule has 1 aromatic rings. The van der Waals surface area contributed by atoms with Crippen molar-refractivity contribution in [3.63, 3.8) is 0 Å². The highest BCUT2D eigenvalue weighted by atomic mass is 32.2. The molecule has 1 aromatic carbocycles. The van der Waals surface area contributed by atoms with Crippen LogP contribution < -0.4 is 10.9 Å². The molecule has 0 atom stereocenters. The zero-order chi connectivity index (χ0) is 13.1. The molecule has 0 saturated carbocycles. The summed E-state index contributed by atoms with van der Waals surface area (Å²) in [5.41, 5.74) is 7.45. The molecule has 0 spiro atoms. The normalized spacial score (nSPS) is 14.9. The van der Waals surface area contributed by atoms with E-state index in [1.165, 1.54) is 11.9 Å². The minimum atomic E-state index is -0.132. The van der Waals surface area contributed by atoms with E-state index in [1.807, 2.05) is 50.3 Å². The Kier molecular flexibility index (Phi) is 3.78. The zero-order valence-corrected chi connectivity index (χ0v) is 11.4. The van der Waals surface area contributed by atoms with E-state index in [0.29, 0.717) is 5.56 Å². The van der Waals surface area contributed by atoms with Gasteiger partial charge in [-0.1, -0.05) is 22.2 Å². The molecule has 18 heavy (non-hydrogen) atoms. The van der Waals surface area contributed by atoms with Crippen LogP contribution in [-0.4, -0.2) is 29.4 Å². The molecule has 1 aliphatic rings. The Labute approximate surface area is 111 Å². The molecule has 1 heterocycles. The van der Waals surface area contributed by atoms with Gasteiger partial charge in [-0.3, -0.25) is 15.6 Å². The second kappa shape index (κ2) is 5.32. The average molecular weight is 264 g/mol. The molecule has 0 bridgehead atoms. The van der Waals surface area contributed by atoms with Gasteiger partial charge in [0.15, 0.2) is 0 Å². The monoisotopic (exact) mass is 264 g/mol. The lowest BCUT2D eigenvalue weighted by Gasteiger charge is -2.17. The van der Waals surface area contributed by atoms with Crippen molar-refractivity contribution >= 4 is 17.9 Å². The van der Waals surface area contributed by atoms with E-state index in [0.717, 1.165) is 10.6 Å². The first-order chi connectivity index (χ1) is 8.56. The van der Waals surface area contributed by atoms with E-state index < -0.39 is 0 Å². The number of aryl methyl sites for hydroxylation is 1. The van der Waals surface area contributed by atoms with Gasteiger partial charge in [-0.25, -0.2) is 0 Å². The van der Waals surface area contributed by atoms with E-state index in [4.69, 9.17) is 0 Å². The second-order valence-electron chi connectivity index (χ2n) is 4.20. The van der Waals surface area contributed by atoms with Crippen LogP contribution in [0.1, 0.15) is 15.9 Å². The van der Waals surface area contributed by atoms with E-state index in [2.05, 4.69) is 10.9 Å².